The number of hydrogen-bond donors (Lipinski definition) is 2. The molecule has 29 heavy (non-hydrogen) atoms. The van der Waals surface area contributed by atoms with Crippen LogP contribution in [-0.2, 0) is 9.59 Å². The molecule has 1 saturated heterocycles. The lowest BCUT2D eigenvalue weighted by atomic mass is 9.95. The molecule has 0 bridgehead atoms. The Balaban J connectivity index is 1.34. The molecule has 3 rings (SSSR count). The van der Waals surface area contributed by atoms with E-state index >= 15 is 0 Å². The van der Waals surface area contributed by atoms with Gasteiger partial charge in [0.15, 0.2) is 0 Å². The summed E-state index contributed by atoms with van der Waals surface area (Å²) in [4.78, 5) is 26.6. The maximum absolute atomic E-state index is 12.4. The van der Waals surface area contributed by atoms with Crippen LogP contribution >= 0.6 is 0 Å². The van der Waals surface area contributed by atoms with E-state index in [9.17, 15) is 9.59 Å². The molecule has 1 unspecified atom stereocenters. The van der Waals surface area contributed by atoms with Crippen LogP contribution in [-0.4, -0.2) is 43.0 Å². The fourth-order valence-corrected chi connectivity index (χ4v) is 3.50. The van der Waals surface area contributed by atoms with Crippen LogP contribution in [0.5, 0.6) is 5.75 Å². The van der Waals surface area contributed by atoms with Gasteiger partial charge >= 0.3 is 0 Å². The highest BCUT2D eigenvalue weighted by atomic mass is 16.5. The van der Waals surface area contributed by atoms with E-state index in [0.717, 1.165) is 11.3 Å². The second-order valence-corrected chi connectivity index (χ2v) is 7.33. The Morgan fingerprint density at radius 3 is 2.31 bits per heavy atom. The first-order valence-electron chi connectivity index (χ1n) is 10.2. The number of carbonyl (C=O) groups excluding carboxylic acids is 2. The van der Waals surface area contributed by atoms with Crippen molar-refractivity contribution in [1.82, 2.24) is 10.2 Å². The van der Waals surface area contributed by atoms with Gasteiger partial charge in [-0.25, -0.2) is 0 Å². The monoisotopic (exact) mass is 395 g/mol. The number of hydrogen-bond acceptors (Lipinski definition) is 4. The Bertz CT molecular complexity index is 774. The highest BCUT2D eigenvalue weighted by Crippen LogP contribution is 2.19. The fraction of sp³-hybridized carbons (Fsp3) is 0.391. The van der Waals surface area contributed by atoms with E-state index < -0.39 is 0 Å². The molecule has 6 nitrogen and oxygen atoms in total. The first-order valence-corrected chi connectivity index (χ1v) is 10.2. The summed E-state index contributed by atoms with van der Waals surface area (Å²) in [6, 6.07) is 19.0. The summed E-state index contributed by atoms with van der Waals surface area (Å²) >= 11 is 0. The molecule has 0 radical (unpaired) electrons. The summed E-state index contributed by atoms with van der Waals surface area (Å²) in [6.07, 6.45) is 1.70. The number of nitrogens with two attached hydrogens (primary N) is 1. The predicted molar refractivity (Wildman–Crippen MR) is 112 cm³/mol. The number of nitrogens with zero attached hydrogens (tertiary/aromatic N) is 1. The smallest absolute Gasteiger partial charge is 0.225 e. The van der Waals surface area contributed by atoms with Gasteiger partial charge < -0.3 is 20.7 Å². The minimum Gasteiger partial charge on any atom is -0.493 e. The van der Waals surface area contributed by atoms with Gasteiger partial charge in [0.1, 0.15) is 5.75 Å². The van der Waals surface area contributed by atoms with Crippen LogP contribution in [0.25, 0.3) is 0 Å². The van der Waals surface area contributed by atoms with E-state index in [2.05, 4.69) is 5.32 Å². The van der Waals surface area contributed by atoms with Crippen molar-refractivity contribution in [2.75, 3.05) is 26.2 Å². The van der Waals surface area contributed by atoms with Gasteiger partial charge in [-0.2, -0.15) is 0 Å². The molecule has 1 fully saturated rings. The van der Waals surface area contributed by atoms with Crippen LogP contribution in [0, 0.1) is 5.92 Å². The summed E-state index contributed by atoms with van der Waals surface area (Å²) < 4.78 is 5.59. The van der Waals surface area contributed by atoms with Gasteiger partial charge in [-0.15, -0.1) is 0 Å². The van der Waals surface area contributed by atoms with Crippen molar-refractivity contribution in [3.63, 3.8) is 0 Å². The van der Waals surface area contributed by atoms with Gasteiger partial charge in [-0.1, -0.05) is 48.5 Å². The van der Waals surface area contributed by atoms with Crippen LogP contribution < -0.4 is 15.8 Å². The van der Waals surface area contributed by atoms with E-state index in [-0.39, 0.29) is 23.8 Å². The second-order valence-electron chi connectivity index (χ2n) is 7.33. The molecule has 0 aromatic heterocycles. The zero-order valence-corrected chi connectivity index (χ0v) is 16.6. The molecular weight excluding hydrogens is 366 g/mol. The number of para-hydroxylation sites is 1. The van der Waals surface area contributed by atoms with Crippen molar-refractivity contribution in [2.24, 2.45) is 11.7 Å². The van der Waals surface area contributed by atoms with Gasteiger partial charge in [-0.05, 0) is 30.5 Å². The Morgan fingerprint density at radius 2 is 1.66 bits per heavy atom. The van der Waals surface area contributed by atoms with Gasteiger partial charge in [0, 0.05) is 31.6 Å². The lowest BCUT2D eigenvalue weighted by Crippen LogP contribution is -2.44. The number of benzene rings is 2. The van der Waals surface area contributed by atoms with Crippen LogP contribution in [0.2, 0.25) is 0 Å². The van der Waals surface area contributed by atoms with Gasteiger partial charge in [0.25, 0.3) is 0 Å². The van der Waals surface area contributed by atoms with Crippen LogP contribution in [0.1, 0.15) is 30.9 Å². The normalized spacial score (nSPS) is 15.6. The van der Waals surface area contributed by atoms with E-state index in [4.69, 9.17) is 10.5 Å². The molecule has 0 saturated carbocycles. The molecule has 2 amide bonds. The average molecular weight is 396 g/mol. The Morgan fingerprint density at radius 1 is 1.03 bits per heavy atom. The van der Waals surface area contributed by atoms with Crippen LogP contribution in [0.4, 0.5) is 0 Å². The third-order valence-corrected chi connectivity index (χ3v) is 5.27. The van der Waals surface area contributed by atoms with Crippen molar-refractivity contribution >= 4 is 11.8 Å². The minimum atomic E-state index is -0.216. The highest BCUT2D eigenvalue weighted by Gasteiger charge is 2.27. The van der Waals surface area contributed by atoms with E-state index in [1.54, 1.807) is 0 Å². The van der Waals surface area contributed by atoms with Crippen molar-refractivity contribution < 1.29 is 14.3 Å². The Kier molecular flexibility index (Phi) is 7.64. The number of ether oxygens (including phenoxy) is 1. The number of rotatable bonds is 8. The molecule has 1 heterocycles. The topological polar surface area (TPSA) is 84.7 Å². The molecule has 2 aromatic carbocycles. The van der Waals surface area contributed by atoms with Gasteiger partial charge in [-0.3, -0.25) is 9.59 Å². The maximum atomic E-state index is 12.4. The quantitative estimate of drug-likeness (QED) is 0.719. The molecular formula is C23H29N3O3. The summed E-state index contributed by atoms with van der Waals surface area (Å²) in [7, 11) is 0. The number of piperidine rings is 1. The summed E-state index contributed by atoms with van der Waals surface area (Å²) in [5.41, 5.74) is 7.15. The number of carbonyl (C=O) groups is 2. The first-order chi connectivity index (χ1) is 14.1. The van der Waals surface area contributed by atoms with Crippen LogP contribution in [0.3, 0.4) is 0 Å². The third kappa shape index (κ3) is 6.32. The second kappa shape index (κ2) is 10.6. The van der Waals surface area contributed by atoms with Crippen molar-refractivity contribution in [3.8, 4) is 5.75 Å². The molecule has 1 aliphatic heterocycles. The predicted octanol–water partition coefficient (Wildman–Crippen LogP) is 2.51. The zero-order valence-electron chi connectivity index (χ0n) is 16.6. The molecule has 2 aromatic rings. The first kappa shape index (κ1) is 20.9. The standard InChI is InChI=1S/C23H29N3O3/c24-21(18-7-3-1-4-8-18)17-25-23(28)19-11-14-26(15-12-19)22(27)13-16-29-20-9-5-2-6-10-20/h1-10,19,21H,11-17,24H2,(H,25,28). The molecule has 3 N–H and O–H groups in total. The van der Waals surface area contributed by atoms with Gasteiger partial charge in [0.05, 0.1) is 13.0 Å². The van der Waals surface area contributed by atoms with Crippen molar-refractivity contribution in [3.05, 3.63) is 66.2 Å². The number of likely N-dealkylation sites (tertiary alicyclic amines) is 1. The molecule has 0 aliphatic carbocycles. The van der Waals surface area contributed by atoms with E-state index in [0.29, 0.717) is 45.5 Å². The lowest BCUT2D eigenvalue weighted by Gasteiger charge is -2.31. The molecule has 6 heteroatoms. The zero-order chi connectivity index (χ0) is 20.5. The molecule has 0 spiro atoms. The SMILES string of the molecule is NC(CNC(=O)C1CCN(C(=O)CCOc2ccccc2)CC1)c1ccccc1. The minimum absolute atomic E-state index is 0.0240. The van der Waals surface area contributed by atoms with Crippen LogP contribution in [0.15, 0.2) is 60.7 Å². The summed E-state index contributed by atoms with van der Waals surface area (Å²) in [5.74, 6) is 0.800. The highest BCUT2D eigenvalue weighted by molar-refractivity contribution is 5.80. The molecule has 1 aliphatic rings. The maximum Gasteiger partial charge on any atom is 0.225 e. The van der Waals surface area contributed by atoms with E-state index in [1.165, 1.54) is 0 Å². The largest absolute Gasteiger partial charge is 0.493 e. The molecule has 1 atom stereocenters. The Hall–Kier alpha value is -2.86. The van der Waals surface area contributed by atoms with E-state index in [1.807, 2.05) is 65.6 Å². The van der Waals surface area contributed by atoms with Crippen molar-refractivity contribution in [2.45, 2.75) is 25.3 Å². The number of nitrogens with one attached hydrogen (secondary N) is 1. The average Bonchev–Trinajstić information content (AvgIpc) is 2.78. The lowest BCUT2D eigenvalue weighted by molar-refractivity contribution is -0.136. The summed E-state index contributed by atoms with van der Waals surface area (Å²) in [6.45, 7) is 1.99. The third-order valence-electron chi connectivity index (χ3n) is 5.27. The molecule has 154 valence electrons. The van der Waals surface area contributed by atoms with Gasteiger partial charge in [0.2, 0.25) is 11.8 Å². The van der Waals surface area contributed by atoms with Crippen molar-refractivity contribution in [1.29, 1.82) is 0 Å². The number of amides is 2. The fourth-order valence-electron chi connectivity index (χ4n) is 3.50. The summed E-state index contributed by atoms with van der Waals surface area (Å²) in [5, 5.41) is 2.96. The Labute approximate surface area is 172 Å².